The van der Waals surface area contributed by atoms with Crippen molar-refractivity contribution in [2.24, 2.45) is 0 Å². The number of hydrogen-bond donors (Lipinski definition) is 3. The van der Waals surface area contributed by atoms with Crippen LogP contribution < -0.4 is 10.8 Å². The molecule has 1 atom stereocenters. The van der Waals surface area contributed by atoms with Gasteiger partial charge in [-0.1, -0.05) is 23.4 Å². The number of carbonyl (C=O) groups is 2. The van der Waals surface area contributed by atoms with Crippen LogP contribution >= 0.6 is 0 Å². The van der Waals surface area contributed by atoms with Crippen LogP contribution in [-0.4, -0.2) is 37.0 Å². The molecule has 0 aliphatic carbocycles. The normalized spacial score (nSPS) is 11.9. The summed E-state index contributed by atoms with van der Waals surface area (Å²) in [6, 6.07) is 11.9. The van der Waals surface area contributed by atoms with Crippen LogP contribution in [0.1, 0.15) is 34.1 Å². The largest absolute Gasteiger partial charge is 0.346 e. The number of nitrogens with one attached hydrogen (secondary N) is 2. The van der Waals surface area contributed by atoms with Crippen molar-refractivity contribution in [2.45, 2.75) is 25.4 Å². The third kappa shape index (κ3) is 5.38. The second kappa shape index (κ2) is 10.1. The van der Waals surface area contributed by atoms with E-state index < -0.39 is 29.5 Å². The Morgan fingerprint density at radius 1 is 1.09 bits per heavy atom. The molecular formula is C23H20F2N6O3. The number of carbonyl (C=O) groups excluding carboxylic acids is 2. The predicted octanol–water partition coefficient (Wildman–Crippen LogP) is 2.71. The maximum absolute atomic E-state index is 13.4. The molecule has 174 valence electrons. The number of benzene rings is 2. The first-order chi connectivity index (χ1) is 16.4. The summed E-state index contributed by atoms with van der Waals surface area (Å²) in [5.74, 6) is -3.35. The lowest BCUT2D eigenvalue weighted by Gasteiger charge is -2.16. The summed E-state index contributed by atoms with van der Waals surface area (Å²) >= 11 is 0. The number of aromatic nitrogens is 4. The minimum Gasteiger partial charge on any atom is -0.346 e. The Morgan fingerprint density at radius 3 is 2.74 bits per heavy atom. The van der Waals surface area contributed by atoms with Crippen molar-refractivity contribution in [3.63, 3.8) is 0 Å². The lowest BCUT2D eigenvalue weighted by Crippen LogP contribution is -2.25. The maximum atomic E-state index is 13.4. The van der Waals surface area contributed by atoms with Crippen molar-refractivity contribution in [3.8, 4) is 0 Å². The topological polar surface area (TPSA) is 122 Å². The molecule has 4 rings (SSSR count). The van der Waals surface area contributed by atoms with Gasteiger partial charge < -0.3 is 5.32 Å². The van der Waals surface area contributed by atoms with Gasteiger partial charge in [-0.15, -0.1) is 5.10 Å². The highest BCUT2D eigenvalue weighted by Crippen LogP contribution is 2.21. The minimum atomic E-state index is -1.12. The van der Waals surface area contributed by atoms with Crippen LogP contribution in [0.5, 0.6) is 0 Å². The van der Waals surface area contributed by atoms with Crippen LogP contribution in [0.2, 0.25) is 0 Å². The summed E-state index contributed by atoms with van der Waals surface area (Å²) in [6.07, 6.45) is 3.60. The first kappa shape index (κ1) is 22.9. The molecule has 1 unspecified atom stereocenters. The van der Waals surface area contributed by atoms with Crippen LogP contribution in [-0.2, 0) is 17.8 Å². The van der Waals surface area contributed by atoms with E-state index in [1.54, 1.807) is 17.9 Å². The van der Waals surface area contributed by atoms with Gasteiger partial charge in [0.1, 0.15) is 5.69 Å². The summed E-state index contributed by atoms with van der Waals surface area (Å²) in [7, 11) is 0. The van der Waals surface area contributed by atoms with Crippen molar-refractivity contribution >= 4 is 22.7 Å². The number of nitrogens with zero attached hydrogens (tertiary/aromatic N) is 4. The molecule has 34 heavy (non-hydrogen) atoms. The van der Waals surface area contributed by atoms with Crippen LogP contribution in [0.3, 0.4) is 0 Å². The van der Waals surface area contributed by atoms with Crippen LogP contribution in [0.25, 0.3) is 10.9 Å². The molecule has 0 radical (unpaired) electrons. The van der Waals surface area contributed by atoms with Gasteiger partial charge in [0.2, 0.25) is 5.91 Å². The molecule has 0 saturated carbocycles. The molecule has 9 nitrogen and oxygen atoms in total. The van der Waals surface area contributed by atoms with Crippen LogP contribution in [0.15, 0.2) is 60.9 Å². The molecule has 0 saturated heterocycles. The summed E-state index contributed by atoms with van der Waals surface area (Å²) in [5.41, 5.74) is 3.71. The van der Waals surface area contributed by atoms with E-state index in [-0.39, 0.29) is 18.5 Å². The van der Waals surface area contributed by atoms with Gasteiger partial charge in [0.05, 0.1) is 30.7 Å². The number of halogens is 2. The van der Waals surface area contributed by atoms with Gasteiger partial charge >= 0.3 is 0 Å². The number of rotatable bonds is 8. The molecule has 4 aromatic rings. The first-order valence-electron chi connectivity index (χ1n) is 10.3. The Morgan fingerprint density at radius 2 is 1.94 bits per heavy atom. The van der Waals surface area contributed by atoms with E-state index in [4.69, 9.17) is 5.21 Å². The lowest BCUT2D eigenvalue weighted by atomic mass is 10.0. The number of fused-ring (bicyclic) bond motifs is 1. The molecular weight excluding hydrogens is 446 g/mol. The van der Waals surface area contributed by atoms with Gasteiger partial charge in [0.15, 0.2) is 11.6 Å². The molecule has 0 fully saturated rings. The average Bonchev–Trinajstić information content (AvgIpc) is 3.32. The van der Waals surface area contributed by atoms with Gasteiger partial charge in [0.25, 0.3) is 5.91 Å². The van der Waals surface area contributed by atoms with Crippen molar-refractivity contribution in [3.05, 3.63) is 89.4 Å². The highest BCUT2D eigenvalue weighted by atomic mass is 19.2. The van der Waals surface area contributed by atoms with Crippen molar-refractivity contribution in [2.75, 3.05) is 0 Å². The van der Waals surface area contributed by atoms with E-state index in [0.717, 1.165) is 28.6 Å². The first-order valence-corrected chi connectivity index (χ1v) is 10.3. The monoisotopic (exact) mass is 466 g/mol. The standard InChI is InChI=1S/C23H20F2N6O3/c24-19-6-5-16(10-20(19)25)23(33)27-12-17-13-31(30-28-17)18(11-22(32)29-34)8-14-3-4-15-2-1-7-26-21(15)9-14/h1-7,9-10,13,18,34H,8,11-12H2,(H,27,33)(H,29,32). The second-order valence-corrected chi connectivity index (χ2v) is 7.63. The zero-order valence-corrected chi connectivity index (χ0v) is 17.8. The fraction of sp³-hybridized carbons (Fsp3) is 0.174. The summed E-state index contributed by atoms with van der Waals surface area (Å²) in [4.78, 5) is 28.4. The zero-order chi connectivity index (χ0) is 24.1. The fourth-order valence-corrected chi connectivity index (χ4v) is 3.51. The van der Waals surface area contributed by atoms with Gasteiger partial charge in [-0.3, -0.25) is 19.8 Å². The van der Waals surface area contributed by atoms with Gasteiger partial charge in [-0.25, -0.2) is 18.9 Å². The van der Waals surface area contributed by atoms with Gasteiger partial charge in [-0.2, -0.15) is 0 Å². The van der Waals surface area contributed by atoms with E-state index in [2.05, 4.69) is 20.6 Å². The van der Waals surface area contributed by atoms with E-state index in [1.165, 1.54) is 10.7 Å². The summed E-state index contributed by atoms with van der Waals surface area (Å²) < 4.78 is 27.9. The van der Waals surface area contributed by atoms with Crippen molar-refractivity contribution < 1.29 is 23.6 Å². The summed E-state index contributed by atoms with van der Waals surface area (Å²) in [5, 5.41) is 20.6. The lowest BCUT2D eigenvalue weighted by molar-refractivity contribution is -0.130. The average molecular weight is 466 g/mol. The van der Waals surface area contributed by atoms with Crippen LogP contribution in [0, 0.1) is 11.6 Å². The third-order valence-corrected chi connectivity index (χ3v) is 5.23. The molecule has 0 aliphatic rings. The zero-order valence-electron chi connectivity index (χ0n) is 17.8. The molecule has 0 aliphatic heterocycles. The van der Waals surface area contributed by atoms with E-state index >= 15 is 0 Å². The SMILES string of the molecule is O=C(CC(Cc1ccc2cccnc2c1)n1cc(CNC(=O)c2ccc(F)c(F)c2)nn1)NO. The van der Waals surface area contributed by atoms with Gasteiger partial charge in [0, 0.05) is 17.1 Å². The number of hydroxylamine groups is 1. The molecule has 2 amide bonds. The van der Waals surface area contributed by atoms with Crippen molar-refractivity contribution in [1.29, 1.82) is 0 Å². The third-order valence-electron chi connectivity index (χ3n) is 5.23. The molecule has 0 spiro atoms. The Labute approximate surface area is 192 Å². The molecule has 0 bridgehead atoms. The molecule has 11 heteroatoms. The summed E-state index contributed by atoms with van der Waals surface area (Å²) in [6.45, 7) is -0.0172. The Balaban J connectivity index is 1.47. The quantitative estimate of drug-likeness (QED) is 0.271. The Hall–Kier alpha value is -4.25. The highest BCUT2D eigenvalue weighted by Gasteiger charge is 2.19. The van der Waals surface area contributed by atoms with Crippen LogP contribution in [0.4, 0.5) is 8.78 Å². The number of hydrogen-bond acceptors (Lipinski definition) is 6. The molecule has 2 heterocycles. The number of amides is 2. The van der Waals surface area contributed by atoms with Crippen molar-refractivity contribution in [1.82, 2.24) is 30.8 Å². The maximum Gasteiger partial charge on any atom is 0.251 e. The minimum absolute atomic E-state index is 0.0172. The predicted molar refractivity (Wildman–Crippen MR) is 117 cm³/mol. The highest BCUT2D eigenvalue weighted by molar-refractivity contribution is 5.94. The molecule has 3 N–H and O–H groups in total. The number of pyridine rings is 1. The van der Waals surface area contributed by atoms with E-state index in [0.29, 0.717) is 12.1 Å². The fourth-order valence-electron chi connectivity index (χ4n) is 3.51. The van der Waals surface area contributed by atoms with E-state index in [1.807, 2.05) is 30.3 Å². The van der Waals surface area contributed by atoms with Gasteiger partial charge in [-0.05, 0) is 42.3 Å². The van der Waals surface area contributed by atoms with E-state index in [9.17, 15) is 18.4 Å². The molecule has 2 aromatic heterocycles. The second-order valence-electron chi connectivity index (χ2n) is 7.63. The smallest absolute Gasteiger partial charge is 0.251 e. The Kier molecular flexibility index (Phi) is 6.83. The molecule has 2 aromatic carbocycles. The Bertz CT molecular complexity index is 1340.